The van der Waals surface area contributed by atoms with Gasteiger partial charge < -0.3 is 48.6 Å². The molecule has 220 valence electrons. The first-order valence-electron chi connectivity index (χ1n) is 13.2. The van der Waals surface area contributed by atoms with Crippen molar-refractivity contribution in [3.05, 3.63) is 0 Å². The highest BCUT2D eigenvalue weighted by Crippen LogP contribution is 1.93. The van der Waals surface area contributed by atoms with Crippen LogP contribution in [0.4, 0.5) is 0 Å². The smallest absolute Gasteiger partial charge is 0.222 e. The molecule has 0 rings (SSSR count). The summed E-state index contributed by atoms with van der Waals surface area (Å²) >= 11 is 0. The second kappa shape index (κ2) is 31.1. The van der Waals surface area contributed by atoms with Gasteiger partial charge in [0, 0.05) is 38.8 Å². The fourth-order valence-electron chi connectivity index (χ4n) is 2.65. The molecule has 12 heteroatoms. The summed E-state index contributed by atoms with van der Waals surface area (Å²) in [4.78, 5) is 33.3. The summed E-state index contributed by atoms with van der Waals surface area (Å²) in [5.41, 5.74) is 0. The molecule has 0 heterocycles. The summed E-state index contributed by atoms with van der Waals surface area (Å²) in [6.07, 6.45) is 8.36. The zero-order valence-corrected chi connectivity index (χ0v) is 22.6. The molecule has 2 N–H and O–H groups in total. The van der Waals surface area contributed by atoms with Crippen molar-refractivity contribution in [2.75, 3.05) is 106 Å². The van der Waals surface area contributed by atoms with Crippen molar-refractivity contribution >= 4 is 18.1 Å². The number of aldehydes is 1. The lowest BCUT2D eigenvalue weighted by Crippen LogP contribution is -2.28. The van der Waals surface area contributed by atoms with Crippen LogP contribution in [0.25, 0.3) is 0 Å². The predicted molar refractivity (Wildman–Crippen MR) is 140 cm³/mol. The third-order valence-corrected chi connectivity index (χ3v) is 4.58. The lowest BCUT2D eigenvalue weighted by molar-refractivity contribution is -0.123. The molecule has 0 unspecified atom stereocenters. The number of ether oxygens (including phenoxy) is 7. The Morgan fingerprint density at radius 1 is 0.579 bits per heavy atom. The minimum Gasteiger partial charge on any atom is -0.379 e. The van der Waals surface area contributed by atoms with Crippen molar-refractivity contribution in [1.29, 1.82) is 0 Å². The molecule has 0 atom stereocenters. The van der Waals surface area contributed by atoms with E-state index < -0.39 is 0 Å². The van der Waals surface area contributed by atoms with Crippen LogP contribution >= 0.6 is 0 Å². The quantitative estimate of drug-likeness (QED) is 0.0725. The Hall–Kier alpha value is -2.11. The molecule has 0 fully saturated rings. The highest BCUT2D eigenvalue weighted by atomic mass is 16.6. The van der Waals surface area contributed by atoms with Crippen LogP contribution in [0.5, 0.6) is 0 Å². The minimum atomic E-state index is -0.102. The number of carbonyl (C=O) groups is 3. The van der Waals surface area contributed by atoms with Crippen LogP contribution in [0.2, 0.25) is 0 Å². The summed E-state index contributed by atoms with van der Waals surface area (Å²) in [6, 6.07) is 0. The molecule has 0 aliphatic rings. The van der Waals surface area contributed by atoms with Crippen LogP contribution in [0.1, 0.15) is 32.1 Å². The van der Waals surface area contributed by atoms with E-state index in [2.05, 4.69) is 16.6 Å². The van der Waals surface area contributed by atoms with E-state index in [-0.39, 0.29) is 18.2 Å². The van der Waals surface area contributed by atoms with Crippen LogP contribution in [0, 0.1) is 12.3 Å². The number of amides is 2. The number of hydrogen-bond acceptors (Lipinski definition) is 10. The van der Waals surface area contributed by atoms with Gasteiger partial charge in [0.15, 0.2) is 0 Å². The maximum Gasteiger partial charge on any atom is 0.222 e. The number of terminal acetylenes is 1. The van der Waals surface area contributed by atoms with Gasteiger partial charge in [-0.3, -0.25) is 9.59 Å². The first-order valence-corrected chi connectivity index (χ1v) is 13.2. The topological polar surface area (TPSA) is 140 Å². The summed E-state index contributed by atoms with van der Waals surface area (Å²) in [7, 11) is 0. The molecule has 12 nitrogen and oxygen atoms in total. The zero-order chi connectivity index (χ0) is 27.8. The van der Waals surface area contributed by atoms with Gasteiger partial charge in [0.25, 0.3) is 0 Å². The summed E-state index contributed by atoms with van der Waals surface area (Å²) in [5, 5.41) is 5.53. The van der Waals surface area contributed by atoms with Crippen molar-refractivity contribution in [2.45, 2.75) is 32.1 Å². The van der Waals surface area contributed by atoms with Crippen molar-refractivity contribution in [1.82, 2.24) is 10.6 Å². The third-order valence-electron chi connectivity index (χ3n) is 4.58. The number of hydrogen-bond donors (Lipinski definition) is 2. The van der Waals surface area contributed by atoms with Crippen LogP contribution in [-0.2, 0) is 47.5 Å². The van der Waals surface area contributed by atoms with Gasteiger partial charge in [-0.25, -0.2) is 0 Å². The van der Waals surface area contributed by atoms with Crippen molar-refractivity contribution in [2.24, 2.45) is 0 Å². The molecule has 38 heavy (non-hydrogen) atoms. The Morgan fingerprint density at radius 2 is 0.974 bits per heavy atom. The summed E-state index contributed by atoms with van der Waals surface area (Å²) in [5.74, 6) is 2.38. The lowest BCUT2D eigenvalue weighted by Gasteiger charge is -2.09. The molecule has 0 aromatic rings. The average Bonchev–Trinajstić information content (AvgIpc) is 2.91. The maximum atomic E-state index is 11.8. The van der Waals surface area contributed by atoms with E-state index in [0.717, 1.165) is 6.29 Å². The molecular formula is C26H46N2O10. The third kappa shape index (κ3) is 30.1. The van der Waals surface area contributed by atoms with Crippen LogP contribution in [-0.4, -0.2) is 124 Å². The van der Waals surface area contributed by atoms with Crippen LogP contribution < -0.4 is 10.6 Å². The Bertz CT molecular complexity index is 601. The Kier molecular flexibility index (Phi) is 29.4. The normalized spacial score (nSPS) is 10.7. The molecule has 0 radical (unpaired) electrons. The number of unbranched alkanes of at least 4 members (excludes halogenated alkanes) is 1. The maximum absolute atomic E-state index is 11.8. The van der Waals surface area contributed by atoms with E-state index in [4.69, 9.17) is 39.6 Å². The van der Waals surface area contributed by atoms with Gasteiger partial charge in [-0.15, -0.1) is 12.3 Å². The first-order chi connectivity index (χ1) is 18.7. The Balaban J connectivity index is 3.20. The lowest BCUT2D eigenvalue weighted by atomic mass is 10.2. The summed E-state index contributed by atoms with van der Waals surface area (Å²) in [6.45, 7) is 6.83. The average molecular weight is 547 g/mol. The van der Waals surface area contributed by atoms with E-state index >= 15 is 0 Å². The second-order valence-electron chi connectivity index (χ2n) is 7.75. The standard InChI is InChI=1S/C26H46N2O10/c1-2-3-4-6-25(30)27-8-13-34-17-21-37-20-16-33-12-7-26(31)28-9-14-35-18-22-38-24-23-36-19-15-32-11-5-10-29/h1,10H,3-9,11-24H2,(H,27,30)(H,28,31). The number of carbonyl (C=O) groups excluding carboxylic acids is 3. The first kappa shape index (κ1) is 35.9. The minimum absolute atomic E-state index is 0.0220. The van der Waals surface area contributed by atoms with Gasteiger partial charge in [-0.05, 0) is 6.42 Å². The molecule has 0 aliphatic carbocycles. The second-order valence-corrected chi connectivity index (χ2v) is 7.75. The van der Waals surface area contributed by atoms with Crippen molar-refractivity contribution in [3.63, 3.8) is 0 Å². The van der Waals surface area contributed by atoms with Gasteiger partial charge in [0.2, 0.25) is 11.8 Å². The molecule has 0 saturated carbocycles. The number of nitrogens with one attached hydrogen (secondary N) is 2. The zero-order valence-electron chi connectivity index (χ0n) is 22.6. The van der Waals surface area contributed by atoms with Crippen LogP contribution in [0.3, 0.4) is 0 Å². The molecule has 0 aromatic heterocycles. The molecule has 0 saturated heterocycles. The van der Waals surface area contributed by atoms with Crippen molar-refractivity contribution < 1.29 is 47.5 Å². The van der Waals surface area contributed by atoms with Gasteiger partial charge in [0.1, 0.15) is 6.29 Å². The fourth-order valence-corrected chi connectivity index (χ4v) is 2.65. The molecule has 0 bridgehead atoms. The molecule has 0 aliphatic heterocycles. The van der Waals surface area contributed by atoms with Gasteiger partial charge >= 0.3 is 0 Å². The van der Waals surface area contributed by atoms with E-state index in [1.165, 1.54) is 0 Å². The van der Waals surface area contributed by atoms with E-state index in [1.54, 1.807) is 0 Å². The van der Waals surface area contributed by atoms with Crippen molar-refractivity contribution in [3.8, 4) is 12.3 Å². The van der Waals surface area contributed by atoms with E-state index in [9.17, 15) is 14.4 Å². The Labute approximate surface area is 226 Å². The fraction of sp³-hybridized carbons (Fsp3) is 0.808. The molecule has 0 aromatic carbocycles. The van der Waals surface area contributed by atoms with Gasteiger partial charge in [-0.1, -0.05) is 0 Å². The molecular weight excluding hydrogens is 500 g/mol. The van der Waals surface area contributed by atoms with Gasteiger partial charge in [-0.2, -0.15) is 0 Å². The summed E-state index contributed by atoms with van der Waals surface area (Å²) < 4.78 is 37.4. The highest BCUT2D eigenvalue weighted by Gasteiger charge is 2.02. The monoisotopic (exact) mass is 546 g/mol. The van der Waals surface area contributed by atoms with E-state index in [1.807, 2.05) is 0 Å². The predicted octanol–water partition coefficient (Wildman–Crippen LogP) is 0.118. The van der Waals surface area contributed by atoms with Crippen LogP contribution in [0.15, 0.2) is 0 Å². The van der Waals surface area contributed by atoms with Gasteiger partial charge in [0.05, 0.1) is 92.5 Å². The van der Waals surface area contributed by atoms with E-state index in [0.29, 0.717) is 131 Å². The SMILES string of the molecule is C#CCCCC(=O)NCCOCCOCCOCCC(=O)NCCOCCOCCOCCOCCC=O. The number of rotatable bonds is 30. The largest absolute Gasteiger partial charge is 0.379 e. The molecule has 0 spiro atoms. The molecule has 2 amide bonds. The highest BCUT2D eigenvalue weighted by molar-refractivity contribution is 5.76. The Morgan fingerprint density at radius 3 is 1.42 bits per heavy atom.